The number of nitrogens with zero attached hydrogens (tertiary/aromatic N) is 2. The smallest absolute Gasteiger partial charge is 0.258 e. The van der Waals surface area contributed by atoms with Gasteiger partial charge in [-0.25, -0.2) is 0 Å². The van der Waals surface area contributed by atoms with Crippen molar-refractivity contribution in [1.82, 2.24) is 10.1 Å². The average Bonchev–Trinajstić information content (AvgIpc) is 2.95. The van der Waals surface area contributed by atoms with Crippen molar-refractivity contribution in [3.05, 3.63) is 64.4 Å². The van der Waals surface area contributed by atoms with Gasteiger partial charge in [0.15, 0.2) is 6.61 Å². The quantitative estimate of drug-likeness (QED) is 0.703. The van der Waals surface area contributed by atoms with Crippen LogP contribution >= 0.6 is 23.2 Å². The van der Waals surface area contributed by atoms with Crippen molar-refractivity contribution >= 4 is 23.2 Å². The van der Waals surface area contributed by atoms with Gasteiger partial charge in [0.05, 0.1) is 5.02 Å². The second-order valence-electron chi connectivity index (χ2n) is 4.25. The third kappa shape index (κ3) is 3.35. The number of hydrogen-bond acceptors (Lipinski definition) is 4. The molecule has 0 saturated heterocycles. The summed E-state index contributed by atoms with van der Waals surface area (Å²) in [6, 6.07) is 14.4. The Bertz CT molecular complexity index is 759. The molecule has 0 fully saturated rings. The number of ether oxygens (including phenoxy) is 1. The van der Waals surface area contributed by atoms with Crippen LogP contribution < -0.4 is 4.74 Å². The first-order valence-corrected chi connectivity index (χ1v) is 6.94. The molecule has 0 aliphatic rings. The van der Waals surface area contributed by atoms with Crippen LogP contribution in [-0.4, -0.2) is 10.1 Å². The maximum absolute atomic E-state index is 6.01. The predicted octanol–water partition coefficient (Wildman–Crippen LogP) is 4.62. The van der Waals surface area contributed by atoms with Gasteiger partial charge in [-0.15, -0.1) is 0 Å². The Morgan fingerprint density at radius 1 is 1.05 bits per heavy atom. The summed E-state index contributed by atoms with van der Waals surface area (Å²) in [6.07, 6.45) is 0. The molecule has 1 heterocycles. The molecule has 3 rings (SSSR count). The van der Waals surface area contributed by atoms with Crippen LogP contribution in [0.15, 0.2) is 53.1 Å². The lowest BCUT2D eigenvalue weighted by atomic mass is 10.2. The van der Waals surface area contributed by atoms with Crippen LogP contribution in [0.1, 0.15) is 5.82 Å². The molecule has 0 radical (unpaired) electrons. The molecular formula is C15H10Cl2N2O2. The van der Waals surface area contributed by atoms with Gasteiger partial charge >= 0.3 is 0 Å². The lowest BCUT2D eigenvalue weighted by molar-refractivity contribution is 0.287. The van der Waals surface area contributed by atoms with Gasteiger partial charge in [0, 0.05) is 10.6 Å². The lowest BCUT2D eigenvalue weighted by Gasteiger charge is -2.04. The highest BCUT2D eigenvalue weighted by molar-refractivity contribution is 6.32. The SMILES string of the molecule is Clc1cccc(-c2nc(COc3ccccc3Cl)no2)c1. The van der Waals surface area contributed by atoms with Crippen LogP contribution in [0, 0.1) is 0 Å². The van der Waals surface area contributed by atoms with E-state index in [1.54, 1.807) is 24.3 Å². The van der Waals surface area contributed by atoms with E-state index in [0.717, 1.165) is 5.56 Å². The third-order valence-corrected chi connectivity index (χ3v) is 3.28. The molecule has 0 amide bonds. The van der Waals surface area contributed by atoms with Gasteiger partial charge < -0.3 is 9.26 Å². The Kier molecular flexibility index (Phi) is 4.08. The minimum atomic E-state index is 0.174. The number of aromatic nitrogens is 2. The van der Waals surface area contributed by atoms with Crippen LogP contribution in [-0.2, 0) is 6.61 Å². The van der Waals surface area contributed by atoms with Gasteiger partial charge in [0.25, 0.3) is 5.89 Å². The van der Waals surface area contributed by atoms with E-state index in [2.05, 4.69) is 10.1 Å². The second kappa shape index (κ2) is 6.16. The first-order valence-electron chi connectivity index (χ1n) is 6.18. The van der Waals surface area contributed by atoms with Crippen LogP contribution in [0.25, 0.3) is 11.5 Å². The van der Waals surface area contributed by atoms with Crippen molar-refractivity contribution in [1.29, 1.82) is 0 Å². The Morgan fingerprint density at radius 2 is 1.90 bits per heavy atom. The van der Waals surface area contributed by atoms with E-state index in [1.807, 2.05) is 24.3 Å². The fourth-order valence-electron chi connectivity index (χ4n) is 1.76. The van der Waals surface area contributed by atoms with E-state index in [-0.39, 0.29) is 6.61 Å². The summed E-state index contributed by atoms with van der Waals surface area (Å²) in [5.41, 5.74) is 0.763. The first kappa shape index (κ1) is 13.9. The minimum absolute atomic E-state index is 0.174. The van der Waals surface area contributed by atoms with Crippen molar-refractivity contribution in [3.63, 3.8) is 0 Å². The van der Waals surface area contributed by atoms with Crippen LogP contribution in [0.4, 0.5) is 0 Å². The summed E-state index contributed by atoms with van der Waals surface area (Å²) < 4.78 is 10.7. The summed E-state index contributed by atoms with van der Waals surface area (Å²) in [5, 5.41) is 5.02. The molecule has 2 aromatic carbocycles. The monoisotopic (exact) mass is 320 g/mol. The van der Waals surface area contributed by atoms with Crippen molar-refractivity contribution in [2.75, 3.05) is 0 Å². The maximum Gasteiger partial charge on any atom is 0.258 e. The Balaban J connectivity index is 1.72. The standard InChI is InChI=1S/C15H10Cl2N2O2/c16-11-5-3-4-10(8-11)15-18-14(19-21-15)9-20-13-7-2-1-6-12(13)17/h1-8H,9H2. The van der Waals surface area contributed by atoms with Crippen molar-refractivity contribution < 1.29 is 9.26 Å². The minimum Gasteiger partial charge on any atom is -0.484 e. The highest BCUT2D eigenvalue weighted by Crippen LogP contribution is 2.24. The topological polar surface area (TPSA) is 48.2 Å². The normalized spacial score (nSPS) is 10.6. The van der Waals surface area contributed by atoms with Gasteiger partial charge in [0.2, 0.25) is 5.82 Å². The summed E-state index contributed by atoms with van der Waals surface area (Å²) >= 11 is 11.9. The number of halogens is 2. The van der Waals surface area contributed by atoms with Gasteiger partial charge in [-0.2, -0.15) is 4.98 Å². The van der Waals surface area contributed by atoms with E-state index in [0.29, 0.717) is 27.5 Å². The Morgan fingerprint density at radius 3 is 2.71 bits per heavy atom. The molecule has 1 aromatic heterocycles. The molecule has 0 spiro atoms. The molecule has 0 atom stereocenters. The number of para-hydroxylation sites is 1. The van der Waals surface area contributed by atoms with Crippen molar-refractivity contribution in [2.45, 2.75) is 6.61 Å². The lowest BCUT2D eigenvalue weighted by Crippen LogP contribution is -1.97. The van der Waals surface area contributed by atoms with Gasteiger partial charge in [0.1, 0.15) is 5.75 Å². The molecule has 0 aliphatic heterocycles. The molecule has 0 aliphatic carbocycles. The first-order chi connectivity index (χ1) is 10.2. The van der Waals surface area contributed by atoms with Crippen LogP contribution in [0.2, 0.25) is 10.0 Å². The van der Waals surface area contributed by atoms with E-state index < -0.39 is 0 Å². The van der Waals surface area contributed by atoms with Gasteiger partial charge in [-0.1, -0.05) is 46.6 Å². The van der Waals surface area contributed by atoms with Crippen molar-refractivity contribution in [2.24, 2.45) is 0 Å². The molecule has 0 saturated carbocycles. The number of rotatable bonds is 4. The van der Waals surface area contributed by atoms with E-state index in [1.165, 1.54) is 0 Å². The average molecular weight is 321 g/mol. The van der Waals surface area contributed by atoms with Gasteiger partial charge in [-0.05, 0) is 30.3 Å². The Labute approximate surface area is 131 Å². The maximum atomic E-state index is 6.01. The van der Waals surface area contributed by atoms with Crippen LogP contribution in [0.3, 0.4) is 0 Å². The number of hydrogen-bond donors (Lipinski definition) is 0. The molecule has 0 bridgehead atoms. The highest BCUT2D eigenvalue weighted by Gasteiger charge is 2.10. The number of benzene rings is 2. The van der Waals surface area contributed by atoms with Gasteiger partial charge in [-0.3, -0.25) is 0 Å². The van der Waals surface area contributed by atoms with Crippen LogP contribution in [0.5, 0.6) is 5.75 Å². The fourth-order valence-corrected chi connectivity index (χ4v) is 2.14. The summed E-state index contributed by atoms with van der Waals surface area (Å²) in [4.78, 5) is 4.26. The van der Waals surface area contributed by atoms with E-state index in [9.17, 15) is 0 Å². The molecule has 0 N–H and O–H groups in total. The zero-order chi connectivity index (χ0) is 14.7. The second-order valence-corrected chi connectivity index (χ2v) is 5.09. The largest absolute Gasteiger partial charge is 0.484 e. The third-order valence-electron chi connectivity index (χ3n) is 2.73. The molecule has 0 unspecified atom stereocenters. The van der Waals surface area contributed by atoms with Crippen molar-refractivity contribution in [3.8, 4) is 17.2 Å². The predicted molar refractivity (Wildman–Crippen MR) is 80.5 cm³/mol. The zero-order valence-corrected chi connectivity index (χ0v) is 12.3. The highest BCUT2D eigenvalue weighted by atomic mass is 35.5. The molecule has 3 aromatic rings. The molecule has 4 nitrogen and oxygen atoms in total. The van der Waals surface area contributed by atoms with E-state index >= 15 is 0 Å². The summed E-state index contributed by atoms with van der Waals surface area (Å²) in [5.74, 6) is 1.41. The zero-order valence-electron chi connectivity index (χ0n) is 10.8. The Hall–Kier alpha value is -2.04. The molecule has 106 valence electrons. The molecular weight excluding hydrogens is 311 g/mol. The van der Waals surface area contributed by atoms with E-state index in [4.69, 9.17) is 32.5 Å². The molecule has 21 heavy (non-hydrogen) atoms. The summed E-state index contributed by atoms with van der Waals surface area (Å²) in [7, 11) is 0. The fraction of sp³-hybridized carbons (Fsp3) is 0.0667. The summed E-state index contributed by atoms with van der Waals surface area (Å²) in [6.45, 7) is 0.174. The molecule has 6 heteroatoms.